The molecule has 20 heavy (non-hydrogen) atoms. The quantitative estimate of drug-likeness (QED) is 0.414. The van der Waals surface area contributed by atoms with Crippen LogP contribution in [0.2, 0.25) is 0 Å². The summed E-state index contributed by atoms with van der Waals surface area (Å²) in [4.78, 5) is 4.57. The Morgan fingerprint density at radius 2 is 1.65 bits per heavy atom. The highest BCUT2D eigenvalue weighted by atomic mass is 16.5. The largest absolute Gasteiger partial charge is 0.453 e. The smallest absolute Gasteiger partial charge is 0.152 e. The van der Waals surface area contributed by atoms with Gasteiger partial charge in [0.1, 0.15) is 5.65 Å². The molecule has 1 aliphatic rings. The molecule has 0 atom stereocenters. The molecule has 0 saturated carbocycles. The maximum absolute atomic E-state index is 6.03. The lowest BCUT2D eigenvalue weighted by Crippen LogP contribution is -2.04. The van der Waals surface area contributed by atoms with E-state index in [-0.39, 0.29) is 0 Å². The summed E-state index contributed by atoms with van der Waals surface area (Å²) in [5.41, 5.74) is 3.12. The van der Waals surface area contributed by atoms with Crippen molar-refractivity contribution in [1.29, 1.82) is 0 Å². The zero-order chi connectivity index (χ0) is 13.1. The van der Waals surface area contributed by atoms with Gasteiger partial charge >= 0.3 is 0 Å². The van der Waals surface area contributed by atoms with Crippen LogP contribution in [0.3, 0.4) is 0 Å². The van der Waals surface area contributed by atoms with Gasteiger partial charge in [-0.05, 0) is 30.3 Å². The van der Waals surface area contributed by atoms with Crippen LogP contribution >= 0.6 is 0 Å². The average Bonchev–Trinajstić information content (AvgIpc) is 2.85. The summed E-state index contributed by atoms with van der Waals surface area (Å²) in [5.74, 6) is 1.76. The van der Waals surface area contributed by atoms with Crippen molar-refractivity contribution in [2.45, 2.75) is 0 Å². The number of hydrogen-bond donors (Lipinski definition) is 0. The molecule has 4 aromatic rings. The van der Waals surface area contributed by atoms with Gasteiger partial charge in [0, 0.05) is 17.0 Å². The highest BCUT2D eigenvalue weighted by Gasteiger charge is 2.23. The van der Waals surface area contributed by atoms with E-state index in [9.17, 15) is 0 Å². The third kappa shape index (κ3) is 1.08. The number of pyridine rings is 1. The van der Waals surface area contributed by atoms with Crippen molar-refractivity contribution >= 4 is 21.9 Å². The highest BCUT2D eigenvalue weighted by molar-refractivity contribution is 6.10. The summed E-state index contributed by atoms with van der Waals surface area (Å²) >= 11 is 0. The topological polar surface area (TPSA) is 27.1 Å². The second kappa shape index (κ2) is 3.39. The summed E-state index contributed by atoms with van der Waals surface area (Å²) < 4.78 is 8.22. The standard InChI is InChI=1S/C17H10N2O/c1-2-8-14-13(7-1)19-16-11(5-3-9-15(16)20-14)12-6-4-10-18-17(12)19/h1-10H. The summed E-state index contributed by atoms with van der Waals surface area (Å²) in [6, 6.07) is 18.3. The molecule has 5 rings (SSSR count). The van der Waals surface area contributed by atoms with Crippen molar-refractivity contribution in [3.05, 3.63) is 60.8 Å². The predicted octanol–water partition coefficient (Wildman–Crippen LogP) is 4.28. The van der Waals surface area contributed by atoms with Gasteiger partial charge in [0.2, 0.25) is 0 Å². The van der Waals surface area contributed by atoms with Crippen LogP contribution in [0.4, 0.5) is 0 Å². The Kier molecular flexibility index (Phi) is 1.70. The molecule has 2 aromatic carbocycles. The fourth-order valence-corrected chi connectivity index (χ4v) is 3.03. The number of ether oxygens (including phenoxy) is 1. The number of fused-ring (bicyclic) bond motifs is 5. The van der Waals surface area contributed by atoms with Crippen molar-refractivity contribution in [3.8, 4) is 17.2 Å². The molecule has 2 aromatic heterocycles. The van der Waals surface area contributed by atoms with Crippen molar-refractivity contribution in [1.82, 2.24) is 9.55 Å². The SMILES string of the molecule is c1ccc2c(c1)Oc1cccc3c4cccnc4n-2c13. The van der Waals surface area contributed by atoms with E-state index >= 15 is 0 Å². The number of rotatable bonds is 0. The van der Waals surface area contributed by atoms with E-state index in [1.165, 1.54) is 5.39 Å². The molecule has 0 fully saturated rings. The first-order valence-electron chi connectivity index (χ1n) is 6.59. The molecule has 3 heteroatoms. The first-order chi connectivity index (χ1) is 9.93. The number of para-hydroxylation sites is 3. The lowest BCUT2D eigenvalue weighted by Gasteiger charge is -2.20. The molecular formula is C17H10N2O. The Bertz CT molecular complexity index is 985. The molecule has 0 bridgehead atoms. The van der Waals surface area contributed by atoms with Crippen molar-refractivity contribution in [3.63, 3.8) is 0 Å². The van der Waals surface area contributed by atoms with Gasteiger partial charge in [-0.2, -0.15) is 0 Å². The predicted molar refractivity (Wildman–Crippen MR) is 78.7 cm³/mol. The van der Waals surface area contributed by atoms with Crippen molar-refractivity contribution < 1.29 is 4.74 Å². The van der Waals surface area contributed by atoms with E-state index in [1.54, 1.807) is 0 Å². The van der Waals surface area contributed by atoms with Gasteiger partial charge < -0.3 is 4.74 Å². The minimum Gasteiger partial charge on any atom is -0.453 e. The summed E-state index contributed by atoms with van der Waals surface area (Å²) in [7, 11) is 0. The average molecular weight is 258 g/mol. The summed E-state index contributed by atoms with van der Waals surface area (Å²) in [6.07, 6.45) is 1.84. The Morgan fingerprint density at radius 3 is 2.65 bits per heavy atom. The van der Waals surface area contributed by atoms with Gasteiger partial charge in [0.15, 0.2) is 11.5 Å². The number of benzene rings is 2. The monoisotopic (exact) mass is 258 g/mol. The molecule has 0 amide bonds. The number of hydrogen-bond acceptors (Lipinski definition) is 2. The molecular weight excluding hydrogens is 248 g/mol. The van der Waals surface area contributed by atoms with E-state index < -0.39 is 0 Å². The minimum absolute atomic E-state index is 0.871. The van der Waals surface area contributed by atoms with Gasteiger partial charge in [0.05, 0.1) is 11.2 Å². The lowest BCUT2D eigenvalue weighted by molar-refractivity contribution is 0.476. The Labute approximate surface area is 115 Å². The number of aromatic nitrogens is 2. The molecule has 0 radical (unpaired) electrons. The van der Waals surface area contributed by atoms with E-state index in [1.807, 2.05) is 42.6 Å². The first kappa shape index (κ1) is 10.0. The zero-order valence-corrected chi connectivity index (χ0v) is 10.6. The van der Waals surface area contributed by atoms with Crippen LogP contribution < -0.4 is 4.74 Å². The Hall–Kier alpha value is -2.81. The fraction of sp³-hybridized carbons (Fsp3) is 0. The molecule has 3 nitrogen and oxygen atoms in total. The molecule has 0 saturated heterocycles. The molecule has 0 spiro atoms. The Balaban J connectivity index is 2.12. The number of nitrogens with zero attached hydrogens (tertiary/aromatic N) is 2. The van der Waals surface area contributed by atoms with Crippen LogP contribution in [0.1, 0.15) is 0 Å². The van der Waals surface area contributed by atoms with Crippen LogP contribution in [0.25, 0.3) is 27.6 Å². The molecule has 0 aliphatic carbocycles. The van der Waals surface area contributed by atoms with Gasteiger partial charge in [-0.15, -0.1) is 0 Å². The van der Waals surface area contributed by atoms with Gasteiger partial charge in [-0.25, -0.2) is 4.98 Å². The van der Waals surface area contributed by atoms with Gasteiger partial charge in [-0.3, -0.25) is 4.57 Å². The first-order valence-corrected chi connectivity index (χ1v) is 6.59. The van der Waals surface area contributed by atoms with Crippen LogP contribution in [0.15, 0.2) is 60.8 Å². The lowest BCUT2D eigenvalue weighted by atomic mass is 10.1. The van der Waals surface area contributed by atoms with Crippen LogP contribution in [0, 0.1) is 0 Å². The van der Waals surface area contributed by atoms with Crippen LogP contribution in [0.5, 0.6) is 11.5 Å². The van der Waals surface area contributed by atoms with Gasteiger partial charge in [0.25, 0.3) is 0 Å². The van der Waals surface area contributed by atoms with E-state index in [2.05, 4.69) is 27.8 Å². The second-order valence-electron chi connectivity index (χ2n) is 4.93. The molecule has 94 valence electrons. The minimum atomic E-state index is 0.871. The third-order valence-electron chi connectivity index (χ3n) is 3.84. The van der Waals surface area contributed by atoms with Crippen LogP contribution in [-0.2, 0) is 0 Å². The molecule has 0 unspecified atom stereocenters. The van der Waals surface area contributed by atoms with Crippen molar-refractivity contribution in [2.75, 3.05) is 0 Å². The summed E-state index contributed by atoms with van der Waals surface area (Å²) in [6.45, 7) is 0. The normalized spacial score (nSPS) is 12.4. The van der Waals surface area contributed by atoms with E-state index in [4.69, 9.17) is 4.74 Å². The molecule has 3 heterocycles. The van der Waals surface area contributed by atoms with Crippen LogP contribution in [-0.4, -0.2) is 9.55 Å². The zero-order valence-electron chi connectivity index (χ0n) is 10.6. The maximum atomic E-state index is 6.03. The van der Waals surface area contributed by atoms with Gasteiger partial charge in [-0.1, -0.05) is 24.3 Å². The molecule has 1 aliphatic heterocycles. The fourth-order valence-electron chi connectivity index (χ4n) is 3.03. The Morgan fingerprint density at radius 1 is 0.800 bits per heavy atom. The van der Waals surface area contributed by atoms with Crippen molar-refractivity contribution in [2.24, 2.45) is 0 Å². The maximum Gasteiger partial charge on any atom is 0.152 e. The second-order valence-corrected chi connectivity index (χ2v) is 4.93. The highest BCUT2D eigenvalue weighted by Crippen LogP contribution is 2.44. The third-order valence-corrected chi connectivity index (χ3v) is 3.84. The van der Waals surface area contributed by atoms with E-state index in [0.29, 0.717) is 0 Å². The van der Waals surface area contributed by atoms with E-state index in [0.717, 1.165) is 33.7 Å². The molecule has 0 N–H and O–H groups in total. The summed E-state index contributed by atoms with van der Waals surface area (Å²) in [5, 5.41) is 2.34.